The Bertz CT molecular complexity index is 4530. The zero-order valence-corrected chi connectivity index (χ0v) is 65.6. The van der Waals surface area contributed by atoms with Crippen molar-refractivity contribution in [1.82, 2.24) is 37.2 Å². The maximum atomic E-state index is 15.8. The number of fused-ring (bicyclic) bond motifs is 20. The number of nitrogens with one attached hydrogen (secondary N) is 7. The molecule has 3 aromatic rings. The Morgan fingerprint density at radius 1 is 0.807 bits per heavy atom. The fourth-order valence-corrected chi connectivity index (χ4v) is 17.9. The molecule has 23 atom stereocenters. The second-order valence-electron chi connectivity index (χ2n) is 31.7. The van der Waals surface area contributed by atoms with Crippen molar-refractivity contribution in [2.24, 2.45) is 34.2 Å². The number of likely N-dealkylation sites (N-methyl/N-ethyl adjacent to an activating group) is 1. The van der Waals surface area contributed by atoms with Crippen LogP contribution in [0.2, 0.25) is 5.02 Å². The molecule has 0 saturated carbocycles. The average molecular weight is 1640 g/mol. The number of allylic oxidation sites excluding steroid dienone is 9. The molecule has 34 heteroatoms. The van der Waals surface area contributed by atoms with Crippen LogP contribution in [-0.2, 0) is 49.5 Å². The van der Waals surface area contributed by atoms with Gasteiger partial charge in [-0.25, -0.2) is 0 Å². The van der Waals surface area contributed by atoms with Crippen molar-refractivity contribution in [3.8, 4) is 28.4 Å². The van der Waals surface area contributed by atoms with Crippen LogP contribution in [0.3, 0.4) is 0 Å². The molecule has 0 aromatic heterocycles. The van der Waals surface area contributed by atoms with Crippen LogP contribution < -0.4 is 62.9 Å². The highest BCUT2D eigenvalue weighted by molar-refractivity contribution is 6.31. The van der Waals surface area contributed by atoms with E-state index < -0.39 is 205 Å². The molecule has 3 fully saturated rings. The maximum Gasteiger partial charge on any atom is 0.249 e. The molecule has 0 spiro atoms. The second-order valence-corrected chi connectivity index (χ2v) is 33.1. The number of amides is 6. The first-order chi connectivity index (χ1) is 54.1. The lowest BCUT2D eigenvalue weighted by atomic mass is 9.63. The lowest BCUT2D eigenvalue weighted by Gasteiger charge is -2.49. The number of aliphatic hydroxyl groups excluding tert-OH is 8. The van der Waals surface area contributed by atoms with E-state index >= 15 is 19.2 Å². The summed E-state index contributed by atoms with van der Waals surface area (Å²) in [5, 5.41) is 127. The normalized spacial score (nSPS) is 34.9. The third-order valence-electron chi connectivity index (χ3n) is 23.1. The minimum atomic E-state index is -2.01. The first-order valence-electron chi connectivity index (χ1n) is 38.1. The van der Waals surface area contributed by atoms with E-state index in [4.69, 9.17) is 79.7 Å². The Morgan fingerprint density at radius 3 is 2.21 bits per heavy atom. The molecule has 31 nitrogen and oxygen atoms in total. The van der Waals surface area contributed by atoms with Gasteiger partial charge in [-0.05, 0) is 152 Å². The number of primary amides is 1. The first kappa shape index (κ1) is 83.6. The largest absolute Gasteiger partial charge is 0.512 e. The molecular weight excluding hydrogens is 1540 g/mol. The number of hydrogen-bond acceptors (Lipinski definition) is 25. The van der Waals surface area contributed by atoms with Crippen molar-refractivity contribution in [2.45, 2.75) is 219 Å². The fourth-order valence-electron chi connectivity index (χ4n) is 17.2. The van der Waals surface area contributed by atoms with E-state index in [9.17, 15) is 55.5 Å². The SMILES string of the molecule is CN[C@H](CC(C)C)C(=O)N[C@H]1C(=O)N[C@@H](CC(N)=O)C(=O)N[C@H]2C(N)=N[C@H]3C(=O)N[C@H](C(=O)N[C@H](CO)C4=CC(O)CC(C)(O)C4C4CC3=CC=C4O)[C@H](O)C3=CC=C(Oc4cc2cc(c4O[C@H]2OC(CO)C(O)[C@@H]4c5cc(ccc5-c5ccc(Cl)cc5)CNC5(C)C[C@H](OC24)OC(C)[C@H]5O)OC2=C(Cl)C=C(CC2)[C@H]1O)C(Cl)C3. The van der Waals surface area contributed by atoms with Crippen molar-refractivity contribution in [1.29, 1.82) is 0 Å². The van der Waals surface area contributed by atoms with Gasteiger partial charge in [-0.2, -0.15) is 0 Å². The smallest absolute Gasteiger partial charge is 0.249 e. The molecular formula is C80H97Cl3N10O21. The van der Waals surface area contributed by atoms with Crippen LogP contribution in [0.5, 0.6) is 17.2 Å². The van der Waals surface area contributed by atoms with Crippen molar-refractivity contribution in [2.75, 3.05) is 20.3 Å². The summed E-state index contributed by atoms with van der Waals surface area (Å²) in [6, 6.07) is 3.05. The van der Waals surface area contributed by atoms with Crippen LogP contribution in [0.1, 0.15) is 115 Å². The standard InChI is InChI=1S/C80H97Cl3N10O21/c1-33(2)19-49(86-6)73(103)92-64-66(99)38-11-17-53(47(82)22-38)110-55-24-40-25-56(69(55)114-78-70-60(68(101)57(32-95)112-78)44-20-35(7-15-43(44)36-8-13-41(81)14-9-36)30-87-79(4)29-59(113-70)109-34(3)71(79)102)111-54-18-12-39(23-48(54)83)67(100)65-77(107)89-51(31-94)45-26-42(96)28-80(5,108)61(45)46-21-37(10-16-52(46)97)63(75(105)93-65)90-72(85)62(40)91-74(104)50(27-58(84)98)88-76(64)106/h7-10,12-16,18,20,22,24-26,33-34,42,46,48-51,57,59-68,70-71,78,86-87,94-97,99-102,108H,11,17,19,21,23,27-32H2,1-6H3,(H2,84,98)(H2,85,90)(H,88,106)(H,89,107)(H,91,104)(H,92,103)(H,93,105)/t34?,42?,46?,48?,49-,50+,51-,57?,59+,60+,61?,62-,63-,64-,65+,66-,67-,68?,70?,71-,78-,79?,80?/m1/s1. The van der Waals surface area contributed by atoms with Gasteiger partial charge in [0.1, 0.15) is 65.9 Å². The summed E-state index contributed by atoms with van der Waals surface area (Å²) >= 11 is 21.3. The summed E-state index contributed by atoms with van der Waals surface area (Å²) in [7, 11) is 1.53. The highest BCUT2D eigenvalue weighted by Gasteiger charge is 2.55. The zero-order valence-electron chi connectivity index (χ0n) is 63.3. The minimum Gasteiger partial charge on any atom is -0.512 e. The predicted molar refractivity (Wildman–Crippen MR) is 414 cm³/mol. The van der Waals surface area contributed by atoms with Gasteiger partial charge in [-0.15, -0.1) is 11.6 Å². The molecule has 6 amide bonds. The van der Waals surface area contributed by atoms with Gasteiger partial charge >= 0.3 is 0 Å². The van der Waals surface area contributed by atoms with Crippen LogP contribution in [0.4, 0.5) is 0 Å². The molecule has 614 valence electrons. The van der Waals surface area contributed by atoms with Gasteiger partial charge < -0.3 is 123 Å². The van der Waals surface area contributed by atoms with Gasteiger partial charge in [0, 0.05) is 54.1 Å². The van der Waals surface area contributed by atoms with Crippen LogP contribution in [0.25, 0.3) is 11.1 Å². The Hall–Kier alpha value is -8.32. The topological polar surface area (TPSA) is 488 Å². The first-order valence-corrected chi connectivity index (χ1v) is 39.2. The van der Waals surface area contributed by atoms with E-state index in [2.05, 4.69) is 37.2 Å². The van der Waals surface area contributed by atoms with Crippen molar-refractivity contribution >= 4 is 76.1 Å². The quantitative estimate of drug-likeness (QED) is 0.0913. The molecule has 3 aromatic carbocycles. The Balaban J connectivity index is 1.06. The van der Waals surface area contributed by atoms with E-state index in [1.54, 1.807) is 31.2 Å². The molecule has 15 bridgehead atoms. The zero-order chi connectivity index (χ0) is 81.8. The summed E-state index contributed by atoms with van der Waals surface area (Å²) in [6.45, 7) is 7.18. The van der Waals surface area contributed by atoms with E-state index in [1.807, 2.05) is 39.0 Å². The Kier molecular flexibility index (Phi) is 25.0. The van der Waals surface area contributed by atoms with Gasteiger partial charge in [0.2, 0.25) is 47.5 Å². The highest BCUT2D eigenvalue weighted by Crippen LogP contribution is 2.52. The summed E-state index contributed by atoms with van der Waals surface area (Å²) < 4.78 is 41.9. The number of halogens is 3. The number of nitrogens with two attached hydrogens (primary N) is 2. The predicted octanol–water partition coefficient (Wildman–Crippen LogP) is 2.27. The molecule has 20 N–H and O–H groups in total. The summed E-state index contributed by atoms with van der Waals surface area (Å²) in [5.74, 6) is -12.6. The Labute approximate surface area is 671 Å². The third-order valence-corrected chi connectivity index (χ3v) is 24.0. The number of hydrogen-bond donors (Lipinski definition) is 18. The Morgan fingerprint density at radius 2 is 1.53 bits per heavy atom. The maximum absolute atomic E-state index is 15.8. The van der Waals surface area contributed by atoms with Gasteiger partial charge in [0.15, 0.2) is 23.8 Å². The highest BCUT2D eigenvalue weighted by atomic mass is 35.5. The van der Waals surface area contributed by atoms with Gasteiger partial charge in [-0.1, -0.05) is 85.6 Å². The molecule has 8 heterocycles. The van der Waals surface area contributed by atoms with Crippen LogP contribution in [0, 0.1) is 17.8 Å². The van der Waals surface area contributed by atoms with E-state index in [0.29, 0.717) is 27.3 Å². The number of nitrogens with zero attached hydrogens (tertiary/aromatic N) is 1. The van der Waals surface area contributed by atoms with Gasteiger partial charge in [0.25, 0.3) is 0 Å². The molecule has 3 saturated heterocycles. The second kappa shape index (κ2) is 34.1. The molecule has 8 aliphatic heterocycles. The summed E-state index contributed by atoms with van der Waals surface area (Å²) in [6.07, 6.45) is -8.82. The number of aliphatic imine (C=N–C) groups is 1. The van der Waals surface area contributed by atoms with Crippen LogP contribution in [0.15, 0.2) is 141 Å². The molecule has 10 unspecified atom stereocenters. The number of benzene rings is 3. The number of rotatable bonds is 12. The van der Waals surface area contributed by atoms with E-state index in [0.717, 1.165) is 0 Å². The number of aliphatic hydroxyl groups is 9. The number of amidine groups is 1. The molecule has 4 aliphatic carbocycles. The average Bonchev–Trinajstić information content (AvgIpc) is 0.898. The number of carbonyl (C=O) groups excluding carboxylic acids is 6. The molecule has 12 aliphatic rings. The number of alkyl halides is 1. The lowest BCUT2D eigenvalue weighted by Crippen LogP contribution is -2.63. The van der Waals surface area contributed by atoms with Gasteiger partial charge in [0.05, 0.1) is 77.9 Å². The fraction of sp³-hybridized carbons (Fsp3) is 0.512. The lowest BCUT2D eigenvalue weighted by molar-refractivity contribution is -0.317. The molecule has 15 rings (SSSR count). The summed E-state index contributed by atoms with van der Waals surface area (Å²) in [4.78, 5) is 94.5. The molecule has 114 heavy (non-hydrogen) atoms. The van der Waals surface area contributed by atoms with Gasteiger partial charge in [-0.3, -0.25) is 33.8 Å². The summed E-state index contributed by atoms with van der Waals surface area (Å²) in [5.41, 5.74) is 12.8. The number of ether oxygens (including phenoxy) is 6. The minimum absolute atomic E-state index is 0.000366. The van der Waals surface area contributed by atoms with E-state index in [-0.39, 0.29) is 119 Å². The van der Waals surface area contributed by atoms with Crippen LogP contribution in [-0.4, -0.2) is 222 Å². The van der Waals surface area contributed by atoms with Crippen molar-refractivity contribution < 1.29 is 103 Å². The van der Waals surface area contributed by atoms with Crippen molar-refractivity contribution in [3.63, 3.8) is 0 Å². The third kappa shape index (κ3) is 17.3. The van der Waals surface area contributed by atoms with E-state index in [1.165, 1.54) is 62.6 Å². The molecule has 0 radical (unpaired) electrons. The monoisotopic (exact) mass is 1640 g/mol. The number of carbonyl (C=O) groups is 6. The van der Waals surface area contributed by atoms with Crippen LogP contribution >= 0.6 is 34.8 Å². The van der Waals surface area contributed by atoms with Crippen molar-refractivity contribution in [3.05, 3.63) is 157 Å².